The fraction of sp³-hybridized carbons (Fsp3) is 0.263. The zero-order valence-corrected chi connectivity index (χ0v) is 13.5. The Hall–Kier alpha value is -2.66. The Kier molecular flexibility index (Phi) is 6.09. The van der Waals surface area contributed by atoms with Crippen molar-refractivity contribution >= 4 is 11.8 Å². The van der Waals surface area contributed by atoms with Crippen LogP contribution >= 0.6 is 0 Å². The Labute approximate surface area is 140 Å². The van der Waals surface area contributed by atoms with E-state index >= 15 is 0 Å². The number of aryl methyl sites for hydroxylation is 1. The van der Waals surface area contributed by atoms with Gasteiger partial charge in [-0.25, -0.2) is 4.79 Å². The van der Waals surface area contributed by atoms with Gasteiger partial charge in [0.25, 0.3) is 0 Å². The lowest BCUT2D eigenvalue weighted by Crippen LogP contribution is -2.11. The highest BCUT2D eigenvalue weighted by molar-refractivity contribution is 6.06. The molecule has 2 rings (SSSR count). The number of carboxylic acid groups (broad SMARTS) is 1. The summed E-state index contributed by atoms with van der Waals surface area (Å²) in [7, 11) is 1.56. The van der Waals surface area contributed by atoms with Gasteiger partial charge in [-0.1, -0.05) is 30.3 Å². The van der Waals surface area contributed by atoms with Crippen LogP contribution in [0.4, 0.5) is 0 Å². The first-order valence-electron chi connectivity index (χ1n) is 7.69. The number of aliphatic hydroxyl groups excluding tert-OH is 1. The van der Waals surface area contributed by atoms with Crippen molar-refractivity contribution in [3.63, 3.8) is 0 Å². The standard InChI is InChI=1S/C19H20O5/c1-24-18-12-13(8-9-14(18)5-4-10-20)11-17(21)15-6-2-3-7-16(15)19(22)23/h2-3,6-9,12,20H,4-5,10-11H2,1H3,(H,22,23). The van der Waals surface area contributed by atoms with Gasteiger partial charge in [-0.15, -0.1) is 0 Å². The first-order chi connectivity index (χ1) is 11.6. The van der Waals surface area contributed by atoms with E-state index < -0.39 is 5.97 Å². The van der Waals surface area contributed by atoms with Gasteiger partial charge in [-0.2, -0.15) is 0 Å². The Morgan fingerprint density at radius 1 is 1.08 bits per heavy atom. The molecular weight excluding hydrogens is 308 g/mol. The van der Waals surface area contributed by atoms with E-state index in [9.17, 15) is 14.7 Å². The highest BCUT2D eigenvalue weighted by atomic mass is 16.5. The number of hydrogen-bond acceptors (Lipinski definition) is 4. The van der Waals surface area contributed by atoms with Crippen LogP contribution in [-0.2, 0) is 12.8 Å². The number of ether oxygens (including phenoxy) is 1. The van der Waals surface area contributed by atoms with E-state index in [0.29, 0.717) is 18.6 Å². The number of methoxy groups -OCH3 is 1. The Morgan fingerprint density at radius 2 is 1.79 bits per heavy atom. The third-order valence-corrected chi connectivity index (χ3v) is 3.78. The third kappa shape index (κ3) is 4.20. The van der Waals surface area contributed by atoms with Gasteiger partial charge in [0, 0.05) is 18.6 Å². The molecule has 0 aliphatic rings. The predicted octanol–water partition coefficient (Wildman–Crippen LogP) is 2.74. The summed E-state index contributed by atoms with van der Waals surface area (Å²) < 4.78 is 5.35. The maximum absolute atomic E-state index is 12.5. The number of Topliss-reactive ketones (excluding diaryl/α,β-unsaturated/α-hetero) is 1. The monoisotopic (exact) mass is 328 g/mol. The van der Waals surface area contributed by atoms with E-state index in [-0.39, 0.29) is 29.9 Å². The number of ketones is 1. The molecule has 0 radical (unpaired) electrons. The molecule has 0 aromatic heterocycles. The molecule has 0 spiro atoms. The number of aliphatic hydroxyl groups is 1. The Morgan fingerprint density at radius 3 is 2.42 bits per heavy atom. The van der Waals surface area contributed by atoms with Crippen LogP contribution in [0.5, 0.6) is 5.75 Å². The van der Waals surface area contributed by atoms with Gasteiger partial charge in [0.15, 0.2) is 5.78 Å². The molecule has 0 saturated carbocycles. The van der Waals surface area contributed by atoms with Crippen molar-refractivity contribution in [1.29, 1.82) is 0 Å². The molecule has 0 aliphatic heterocycles. The van der Waals surface area contributed by atoms with Crippen LogP contribution in [0.3, 0.4) is 0 Å². The molecule has 0 amide bonds. The molecule has 5 heteroatoms. The predicted molar refractivity (Wildman–Crippen MR) is 89.8 cm³/mol. The minimum atomic E-state index is -1.11. The molecule has 24 heavy (non-hydrogen) atoms. The summed E-state index contributed by atoms with van der Waals surface area (Å²) in [4.78, 5) is 23.7. The van der Waals surface area contributed by atoms with Crippen LogP contribution in [0.15, 0.2) is 42.5 Å². The minimum absolute atomic E-state index is 0.00836. The lowest BCUT2D eigenvalue weighted by molar-refractivity contribution is 0.0692. The van der Waals surface area contributed by atoms with Crippen LogP contribution in [0.25, 0.3) is 0 Å². The second-order valence-corrected chi connectivity index (χ2v) is 5.42. The van der Waals surface area contributed by atoms with E-state index in [2.05, 4.69) is 0 Å². The maximum Gasteiger partial charge on any atom is 0.336 e. The quantitative estimate of drug-likeness (QED) is 0.728. The molecule has 0 aliphatic carbocycles. The molecule has 2 N–H and O–H groups in total. The molecule has 0 fully saturated rings. The van der Waals surface area contributed by atoms with Crippen molar-refractivity contribution in [2.45, 2.75) is 19.3 Å². The topological polar surface area (TPSA) is 83.8 Å². The van der Waals surface area contributed by atoms with Gasteiger partial charge < -0.3 is 14.9 Å². The van der Waals surface area contributed by atoms with Crippen LogP contribution in [-0.4, -0.2) is 35.7 Å². The first kappa shape index (κ1) is 17.7. The number of carboxylic acids is 1. The van der Waals surface area contributed by atoms with Crippen molar-refractivity contribution in [2.24, 2.45) is 0 Å². The Balaban J connectivity index is 2.22. The molecule has 0 atom stereocenters. The van der Waals surface area contributed by atoms with E-state index in [1.54, 1.807) is 25.3 Å². The smallest absolute Gasteiger partial charge is 0.336 e. The molecule has 0 bridgehead atoms. The summed E-state index contributed by atoms with van der Waals surface area (Å²) in [6.07, 6.45) is 1.43. The third-order valence-electron chi connectivity index (χ3n) is 3.78. The van der Waals surface area contributed by atoms with Crippen molar-refractivity contribution in [3.8, 4) is 5.75 Å². The summed E-state index contributed by atoms with van der Waals surface area (Å²) in [5.74, 6) is -0.700. The van der Waals surface area contributed by atoms with Crippen LogP contribution in [0, 0.1) is 0 Å². The van der Waals surface area contributed by atoms with E-state index in [0.717, 1.165) is 11.1 Å². The van der Waals surface area contributed by atoms with Gasteiger partial charge in [0.1, 0.15) is 5.75 Å². The SMILES string of the molecule is COc1cc(CC(=O)c2ccccc2C(=O)O)ccc1CCCO. The first-order valence-corrected chi connectivity index (χ1v) is 7.69. The maximum atomic E-state index is 12.5. The summed E-state index contributed by atoms with van der Waals surface area (Å²) in [5, 5.41) is 18.1. The molecule has 2 aromatic carbocycles. The molecule has 5 nitrogen and oxygen atoms in total. The number of hydrogen-bond donors (Lipinski definition) is 2. The van der Waals surface area contributed by atoms with E-state index in [4.69, 9.17) is 9.84 Å². The molecule has 0 heterocycles. The number of carbonyl (C=O) groups is 2. The summed E-state index contributed by atoms with van der Waals surface area (Å²) >= 11 is 0. The van der Waals surface area contributed by atoms with Gasteiger partial charge >= 0.3 is 5.97 Å². The average molecular weight is 328 g/mol. The van der Waals surface area contributed by atoms with Gasteiger partial charge in [-0.3, -0.25) is 4.79 Å². The molecular formula is C19H20O5. The van der Waals surface area contributed by atoms with E-state index in [1.165, 1.54) is 12.1 Å². The van der Waals surface area contributed by atoms with Gasteiger partial charge in [0.2, 0.25) is 0 Å². The van der Waals surface area contributed by atoms with Crippen molar-refractivity contribution in [2.75, 3.05) is 13.7 Å². The van der Waals surface area contributed by atoms with E-state index in [1.807, 2.05) is 12.1 Å². The lowest BCUT2D eigenvalue weighted by Gasteiger charge is -2.11. The van der Waals surface area contributed by atoms with Gasteiger partial charge in [0.05, 0.1) is 12.7 Å². The lowest BCUT2D eigenvalue weighted by atomic mass is 9.97. The second kappa shape index (κ2) is 8.26. The van der Waals surface area contributed by atoms with Crippen LogP contribution < -0.4 is 4.74 Å². The molecule has 0 saturated heterocycles. The summed E-state index contributed by atoms with van der Waals surface area (Å²) in [6.45, 7) is 0.107. The Bertz CT molecular complexity index is 736. The fourth-order valence-corrected chi connectivity index (χ4v) is 2.57. The number of benzene rings is 2. The van der Waals surface area contributed by atoms with Gasteiger partial charge in [-0.05, 0) is 36.1 Å². The molecule has 2 aromatic rings. The normalized spacial score (nSPS) is 10.4. The highest BCUT2D eigenvalue weighted by Gasteiger charge is 2.16. The largest absolute Gasteiger partial charge is 0.496 e. The minimum Gasteiger partial charge on any atom is -0.496 e. The molecule has 0 unspecified atom stereocenters. The number of carbonyl (C=O) groups excluding carboxylic acids is 1. The molecule has 126 valence electrons. The summed E-state index contributed by atoms with van der Waals surface area (Å²) in [5.41, 5.74) is 1.93. The summed E-state index contributed by atoms with van der Waals surface area (Å²) in [6, 6.07) is 11.7. The second-order valence-electron chi connectivity index (χ2n) is 5.42. The van der Waals surface area contributed by atoms with Crippen molar-refractivity contribution < 1.29 is 24.5 Å². The number of rotatable bonds is 8. The van der Waals surface area contributed by atoms with Crippen LogP contribution in [0.1, 0.15) is 38.3 Å². The zero-order valence-electron chi connectivity index (χ0n) is 13.5. The van der Waals surface area contributed by atoms with Crippen molar-refractivity contribution in [1.82, 2.24) is 0 Å². The average Bonchev–Trinajstić information content (AvgIpc) is 2.60. The highest BCUT2D eigenvalue weighted by Crippen LogP contribution is 2.23. The van der Waals surface area contributed by atoms with Crippen LogP contribution in [0.2, 0.25) is 0 Å². The number of aromatic carboxylic acids is 1. The van der Waals surface area contributed by atoms with Crippen molar-refractivity contribution in [3.05, 3.63) is 64.7 Å². The fourth-order valence-electron chi connectivity index (χ4n) is 2.57. The zero-order chi connectivity index (χ0) is 17.5.